The zero-order chi connectivity index (χ0) is 29.6. The summed E-state index contributed by atoms with van der Waals surface area (Å²) in [7, 11) is 0. The van der Waals surface area contributed by atoms with Crippen LogP contribution in [0.3, 0.4) is 0 Å². The predicted octanol–water partition coefficient (Wildman–Crippen LogP) is 5.36. The van der Waals surface area contributed by atoms with Gasteiger partial charge in [0, 0.05) is 25.9 Å². The van der Waals surface area contributed by atoms with Crippen LogP contribution in [-0.2, 0) is 4.74 Å². The minimum Gasteiger partial charge on any atom is -0.490 e. The second-order valence-electron chi connectivity index (χ2n) is 13.2. The largest absolute Gasteiger partial charge is 0.490 e. The molecule has 5 aliphatic rings. The molecule has 2 bridgehead atoms. The third-order valence-electron chi connectivity index (χ3n) is 9.45. The van der Waals surface area contributed by atoms with Crippen molar-refractivity contribution in [2.24, 2.45) is 0 Å². The number of alkyl halides is 1. The van der Waals surface area contributed by atoms with Gasteiger partial charge in [0.2, 0.25) is 0 Å². The highest BCUT2D eigenvalue weighted by molar-refractivity contribution is 9.10. The number of hydrogen-bond donors (Lipinski definition) is 0. The average Bonchev–Trinajstić information content (AvgIpc) is 3.55. The highest BCUT2D eigenvalue weighted by Crippen LogP contribution is 2.47. The molecule has 42 heavy (non-hydrogen) atoms. The molecule has 13 heteroatoms. The van der Waals surface area contributed by atoms with E-state index in [4.69, 9.17) is 19.2 Å². The predicted molar refractivity (Wildman–Crippen MR) is 152 cm³/mol. The number of fused-ring (bicyclic) bond motifs is 6. The first kappa shape index (κ1) is 28.2. The fraction of sp³-hybridized carbons (Fsp3) is 0.690. The Morgan fingerprint density at radius 1 is 1.14 bits per heavy atom. The van der Waals surface area contributed by atoms with Gasteiger partial charge in [0.25, 0.3) is 0 Å². The molecule has 0 N–H and O–H groups in total. The van der Waals surface area contributed by atoms with Crippen molar-refractivity contribution in [3.8, 4) is 11.8 Å². The first-order valence-electron chi connectivity index (χ1n) is 14.8. The molecule has 0 spiro atoms. The fourth-order valence-corrected chi connectivity index (χ4v) is 8.14. The number of hydrogen-bond acceptors (Lipinski definition) is 8. The van der Waals surface area contributed by atoms with E-state index in [1.54, 1.807) is 0 Å². The number of halogens is 4. The highest BCUT2D eigenvalue weighted by atomic mass is 79.9. The van der Waals surface area contributed by atoms with Crippen LogP contribution in [0, 0.1) is 11.6 Å². The molecule has 9 nitrogen and oxygen atoms in total. The number of carbonyl (C=O) groups excluding carboxylic acids is 1. The summed E-state index contributed by atoms with van der Waals surface area (Å²) in [5.41, 5.74) is -1.20. The molecule has 5 aliphatic heterocycles. The summed E-state index contributed by atoms with van der Waals surface area (Å²) in [6, 6.07) is -0.619. The van der Waals surface area contributed by atoms with Crippen molar-refractivity contribution in [3.63, 3.8) is 0 Å². The number of aromatic nitrogens is 2. The standard InChI is InChI=1S/C29H35BrF3N5O4/c1-28(2,3)42-27(39)38-16-5-6-18(38)17-7-10-40-24-19-23(21(32)20(30)22(24)33)34-26(35-25(19)37(17)13-16)41-14-29-8-4-9-36(29)12-15(31)11-29/h15-18H,4-14H2,1-3H3/t15-,16+,17?,18?,29+/m1/s1. The first-order valence-corrected chi connectivity index (χ1v) is 15.6. The van der Waals surface area contributed by atoms with Crippen molar-refractivity contribution >= 4 is 38.7 Å². The summed E-state index contributed by atoms with van der Waals surface area (Å²) in [4.78, 5) is 28.4. The van der Waals surface area contributed by atoms with Crippen molar-refractivity contribution in [2.45, 2.75) is 94.7 Å². The van der Waals surface area contributed by atoms with E-state index in [2.05, 4.69) is 25.8 Å². The molecule has 4 saturated heterocycles. The van der Waals surface area contributed by atoms with Gasteiger partial charge in [0.1, 0.15) is 29.7 Å². The topological polar surface area (TPSA) is 80.3 Å². The van der Waals surface area contributed by atoms with Crippen molar-refractivity contribution in [1.82, 2.24) is 19.8 Å². The number of nitrogens with zero attached hydrogens (tertiary/aromatic N) is 5. The molecule has 5 atom stereocenters. The zero-order valence-electron chi connectivity index (χ0n) is 24.0. The molecule has 4 fully saturated rings. The SMILES string of the molecule is CC(C)(C)OC(=O)N1C2CC[C@H]1CN1c3nc(OC[C@@]45CCCN4C[C@H](F)C5)nc4c(F)c(Br)c(F)c(c34)OCCC21. The lowest BCUT2D eigenvalue weighted by molar-refractivity contribution is 0.00638. The summed E-state index contributed by atoms with van der Waals surface area (Å²) in [6.07, 6.45) is 2.86. The van der Waals surface area contributed by atoms with E-state index in [0.717, 1.165) is 32.2 Å². The van der Waals surface area contributed by atoms with Crippen molar-refractivity contribution in [3.05, 3.63) is 16.1 Å². The Morgan fingerprint density at radius 2 is 1.95 bits per heavy atom. The van der Waals surface area contributed by atoms with Gasteiger partial charge < -0.3 is 19.1 Å². The first-order chi connectivity index (χ1) is 20.0. The van der Waals surface area contributed by atoms with Crippen LogP contribution >= 0.6 is 15.9 Å². The van der Waals surface area contributed by atoms with E-state index >= 15 is 8.78 Å². The summed E-state index contributed by atoms with van der Waals surface area (Å²) in [5, 5.41) is 0.140. The second kappa shape index (κ2) is 10.0. The maximum Gasteiger partial charge on any atom is 0.410 e. The van der Waals surface area contributed by atoms with Crippen molar-refractivity contribution in [2.75, 3.05) is 37.7 Å². The number of amides is 1. The number of piperazine rings is 1. The van der Waals surface area contributed by atoms with Crippen LogP contribution in [0.15, 0.2) is 4.47 Å². The molecule has 7 rings (SSSR count). The van der Waals surface area contributed by atoms with Crippen LogP contribution in [0.5, 0.6) is 11.8 Å². The number of carbonyl (C=O) groups is 1. The Bertz CT molecular complexity index is 1440. The van der Waals surface area contributed by atoms with E-state index in [1.165, 1.54) is 0 Å². The Kier molecular flexibility index (Phi) is 6.73. The maximum atomic E-state index is 15.7. The summed E-state index contributed by atoms with van der Waals surface area (Å²) in [5.74, 6) is -1.53. The van der Waals surface area contributed by atoms with Gasteiger partial charge in [-0.1, -0.05) is 0 Å². The normalized spacial score (nSPS) is 30.5. The van der Waals surface area contributed by atoms with E-state index < -0.39 is 28.9 Å². The van der Waals surface area contributed by atoms with Crippen molar-refractivity contribution < 1.29 is 32.2 Å². The lowest BCUT2D eigenvalue weighted by atomic mass is 9.95. The average molecular weight is 655 g/mol. The minimum absolute atomic E-state index is 0.0503. The molecule has 6 heterocycles. The minimum atomic E-state index is -0.923. The summed E-state index contributed by atoms with van der Waals surface area (Å²) >= 11 is 3.04. The molecule has 1 amide bonds. The zero-order valence-corrected chi connectivity index (χ0v) is 25.6. The third-order valence-corrected chi connectivity index (χ3v) is 10.2. The van der Waals surface area contributed by atoms with Crippen molar-refractivity contribution in [1.29, 1.82) is 0 Å². The van der Waals surface area contributed by atoms with Gasteiger partial charge in [0.05, 0.1) is 40.1 Å². The molecule has 2 aromatic rings. The van der Waals surface area contributed by atoms with Gasteiger partial charge in [-0.3, -0.25) is 9.80 Å². The monoisotopic (exact) mass is 653 g/mol. The van der Waals surface area contributed by atoms with E-state index in [-0.39, 0.29) is 64.6 Å². The molecule has 0 aliphatic carbocycles. The number of benzene rings is 1. The molecular formula is C29H35BrF3N5O4. The molecule has 1 aromatic carbocycles. The number of rotatable bonds is 3. The fourth-order valence-electron chi connectivity index (χ4n) is 7.77. The van der Waals surface area contributed by atoms with Gasteiger partial charge >= 0.3 is 12.1 Å². The molecular weight excluding hydrogens is 619 g/mol. The number of ether oxygens (including phenoxy) is 3. The van der Waals surface area contributed by atoms with Crippen LogP contribution in [0.2, 0.25) is 0 Å². The molecule has 0 radical (unpaired) electrons. The van der Waals surface area contributed by atoms with Crippen LogP contribution in [0.4, 0.5) is 23.8 Å². The summed E-state index contributed by atoms with van der Waals surface area (Å²) in [6.45, 7) is 7.45. The van der Waals surface area contributed by atoms with Gasteiger partial charge in [-0.2, -0.15) is 9.97 Å². The maximum absolute atomic E-state index is 15.7. The molecule has 2 unspecified atom stereocenters. The van der Waals surface area contributed by atoms with Gasteiger partial charge in [-0.15, -0.1) is 0 Å². The van der Waals surface area contributed by atoms with E-state index in [0.29, 0.717) is 31.7 Å². The van der Waals surface area contributed by atoms with Gasteiger partial charge in [-0.25, -0.2) is 18.0 Å². The smallest absolute Gasteiger partial charge is 0.410 e. The van der Waals surface area contributed by atoms with Gasteiger partial charge in [0.15, 0.2) is 17.4 Å². The van der Waals surface area contributed by atoms with Crippen LogP contribution in [0.25, 0.3) is 10.9 Å². The lowest BCUT2D eigenvalue weighted by Gasteiger charge is -2.48. The van der Waals surface area contributed by atoms with Crippen LogP contribution in [-0.4, -0.2) is 94.1 Å². The van der Waals surface area contributed by atoms with Gasteiger partial charge in [-0.05, 0) is 68.9 Å². The summed E-state index contributed by atoms with van der Waals surface area (Å²) < 4.78 is 63.0. The number of anilines is 1. The van der Waals surface area contributed by atoms with Crippen LogP contribution in [0.1, 0.15) is 59.3 Å². The molecule has 0 saturated carbocycles. The third kappa shape index (κ3) is 4.48. The Labute approximate surface area is 250 Å². The van der Waals surface area contributed by atoms with E-state index in [9.17, 15) is 9.18 Å². The Hall–Kier alpha value is -2.54. The Morgan fingerprint density at radius 3 is 2.74 bits per heavy atom. The van der Waals surface area contributed by atoms with E-state index in [1.807, 2.05) is 30.6 Å². The Balaban J connectivity index is 1.30. The molecule has 1 aromatic heterocycles. The second-order valence-corrected chi connectivity index (χ2v) is 14.0. The lowest BCUT2D eigenvalue weighted by Crippen LogP contribution is -2.62. The quantitative estimate of drug-likeness (QED) is 0.410. The van der Waals surface area contributed by atoms with Crippen LogP contribution < -0.4 is 14.4 Å². The highest BCUT2D eigenvalue weighted by Gasteiger charge is 2.52. The molecule has 228 valence electrons.